The Morgan fingerprint density at radius 1 is 0.957 bits per heavy atom. The molecule has 1 aliphatic rings. The van der Waals surface area contributed by atoms with E-state index in [1.54, 1.807) is 12.1 Å². The van der Waals surface area contributed by atoms with E-state index in [9.17, 15) is 5.11 Å². The molecule has 0 amide bonds. The number of benzene rings is 2. The van der Waals surface area contributed by atoms with Crippen molar-refractivity contribution in [3.8, 4) is 17.1 Å². The van der Waals surface area contributed by atoms with Gasteiger partial charge in [-0.25, -0.2) is 0 Å². The molecule has 4 heteroatoms. The van der Waals surface area contributed by atoms with Crippen LogP contribution >= 0.6 is 0 Å². The third-order valence-electron chi connectivity index (χ3n) is 4.82. The molecule has 0 unspecified atom stereocenters. The Morgan fingerprint density at radius 2 is 1.65 bits per heavy atom. The van der Waals surface area contributed by atoms with E-state index in [2.05, 4.69) is 24.0 Å². The number of hydrogen-bond acceptors (Lipinski definition) is 4. The van der Waals surface area contributed by atoms with Crippen LogP contribution < -0.4 is 0 Å². The Bertz CT molecular complexity index is 822. The van der Waals surface area contributed by atoms with Crippen molar-refractivity contribution in [1.29, 1.82) is 0 Å². The van der Waals surface area contributed by atoms with Crippen LogP contribution in [0.3, 0.4) is 0 Å². The highest BCUT2D eigenvalue weighted by Crippen LogP contribution is 2.69. The number of phenols is 1. The van der Waals surface area contributed by atoms with Crippen molar-refractivity contribution < 1.29 is 9.63 Å². The Morgan fingerprint density at radius 3 is 2.35 bits per heavy atom. The predicted octanol–water partition coefficient (Wildman–Crippen LogP) is 4.35. The zero-order valence-corrected chi connectivity index (χ0v) is 13.1. The van der Waals surface area contributed by atoms with Crippen molar-refractivity contribution in [3.05, 3.63) is 66.1 Å². The molecule has 0 spiro atoms. The van der Waals surface area contributed by atoms with Gasteiger partial charge in [0.05, 0.1) is 5.92 Å². The molecule has 4 rings (SSSR count). The largest absolute Gasteiger partial charge is 0.508 e. The van der Waals surface area contributed by atoms with Gasteiger partial charge in [0, 0.05) is 11.5 Å². The van der Waals surface area contributed by atoms with Gasteiger partial charge in [0.2, 0.25) is 11.7 Å². The summed E-state index contributed by atoms with van der Waals surface area (Å²) in [4.78, 5) is 4.60. The summed E-state index contributed by atoms with van der Waals surface area (Å²) in [5.41, 5.74) is 2.22. The van der Waals surface area contributed by atoms with Crippen LogP contribution in [0.25, 0.3) is 11.4 Å². The molecule has 1 aromatic heterocycles. The fourth-order valence-electron chi connectivity index (χ4n) is 3.47. The van der Waals surface area contributed by atoms with Gasteiger partial charge in [-0.1, -0.05) is 61.5 Å². The molecule has 1 fully saturated rings. The third-order valence-corrected chi connectivity index (χ3v) is 4.82. The zero-order chi connectivity index (χ0) is 16.0. The lowest BCUT2D eigenvalue weighted by atomic mass is 10.0. The van der Waals surface area contributed by atoms with Crippen LogP contribution in [0.1, 0.15) is 37.1 Å². The molecule has 1 N–H and O–H groups in total. The maximum absolute atomic E-state index is 9.46. The smallest absolute Gasteiger partial charge is 0.231 e. The SMILES string of the molecule is CC1(C)[C@@H](c2ccc(O)cc2)[C@@H]1c1nc(-c2ccccc2)no1. The number of aromatic hydroxyl groups is 1. The summed E-state index contributed by atoms with van der Waals surface area (Å²) in [6.45, 7) is 4.42. The molecule has 1 heterocycles. The first-order chi connectivity index (χ1) is 11.1. The lowest BCUT2D eigenvalue weighted by molar-refractivity contribution is 0.368. The minimum atomic E-state index is 0.0669. The Balaban J connectivity index is 1.64. The fourth-order valence-corrected chi connectivity index (χ4v) is 3.47. The Kier molecular flexibility index (Phi) is 3.01. The summed E-state index contributed by atoms with van der Waals surface area (Å²) in [6, 6.07) is 17.2. The Hall–Kier alpha value is -2.62. The first-order valence-corrected chi connectivity index (χ1v) is 7.75. The lowest BCUT2D eigenvalue weighted by Gasteiger charge is -2.02. The summed E-state index contributed by atoms with van der Waals surface area (Å²) >= 11 is 0. The first kappa shape index (κ1) is 14.0. The molecule has 2 aromatic carbocycles. The van der Waals surface area contributed by atoms with E-state index in [0.29, 0.717) is 17.6 Å². The van der Waals surface area contributed by atoms with Crippen LogP contribution in [0.2, 0.25) is 0 Å². The van der Waals surface area contributed by atoms with Crippen LogP contribution in [-0.4, -0.2) is 15.2 Å². The maximum Gasteiger partial charge on any atom is 0.231 e. The van der Waals surface area contributed by atoms with E-state index >= 15 is 0 Å². The Labute approximate surface area is 134 Å². The van der Waals surface area contributed by atoms with Crippen LogP contribution in [0.15, 0.2) is 59.1 Å². The average molecular weight is 306 g/mol. The van der Waals surface area contributed by atoms with Crippen LogP contribution in [0, 0.1) is 5.41 Å². The van der Waals surface area contributed by atoms with Gasteiger partial charge in [-0.3, -0.25) is 0 Å². The first-order valence-electron chi connectivity index (χ1n) is 7.75. The standard InChI is InChI=1S/C19H18N2O2/c1-19(2)15(12-8-10-14(22)11-9-12)16(19)18-20-17(21-23-18)13-6-4-3-5-7-13/h3-11,15-16,22H,1-2H3/t15-,16+/m0/s1. The van der Waals surface area contributed by atoms with Gasteiger partial charge in [-0.05, 0) is 23.1 Å². The number of nitrogens with zero attached hydrogens (tertiary/aromatic N) is 2. The molecule has 0 saturated heterocycles. The number of hydrogen-bond donors (Lipinski definition) is 1. The highest BCUT2D eigenvalue weighted by Gasteiger charge is 2.61. The van der Waals surface area contributed by atoms with Gasteiger partial charge in [0.25, 0.3) is 0 Å². The predicted molar refractivity (Wildman–Crippen MR) is 87.1 cm³/mol. The van der Waals surface area contributed by atoms with E-state index in [1.165, 1.54) is 5.56 Å². The van der Waals surface area contributed by atoms with Crippen LogP contribution in [-0.2, 0) is 0 Å². The zero-order valence-electron chi connectivity index (χ0n) is 13.1. The summed E-state index contributed by atoms with van der Waals surface area (Å²) in [5.74, 6) is 2.14. The highest BCUT2D eigenvalue weighted by atomic mass is 16.5. The van der Waals surface area contributed by atoms with E-state index in [1.807, 2.05) is 42.5 Å². The van der Waals surface area contributed by atoms with Crippen molar-refractivity contribution in [2.45, 2.75) is 25.7 Å². The van der Waals surface area contributed by atoms with E-state index in [0.717, 1.165) is 5.56 Å². The van der Waals surface area contributed by atoms with Gasteiger partial charge in [0.1, 0.15) is 5.75 Å². The second-order valence-corrected chi connectivity index (χ2v) is 6.69. The van der Waals surface area contributed by atoms with Gasteiger partial charge in [-0.2, -0.15) is 4.98 Å². The average Bonchev–Trinajstić information content (AvgIpc) is 2.92. The van der Waals surface area contributed by atoms with Gasteiger partial charge >= 0.3 is 0 Å². The monoisotopic (exact) mass is 306 g/mol. The molecule has 0 radical (unpaired) electrons. The van der Waals surface area contributed by atoms with E-state index < -0.39 is 0 Å². The van der Waals surface area contributed by atoms with Crippen molar-refractivity contribution >= 4 is 0 Å². The normalized spacial score (nSPS) is 22.0. The second-order valence-electron chi connectivity index (χ2n) is 6.69. The topological polar surface area (TPSA) is 59.2 Å². The molecule has 2 atom stereocenters. The van der Waals surface area contributed by atoms with Crippen molar-refractivity contribution in [3.63, 3.8) is 0 Å². The quantitative estimate of drug-likeness (QED) is 0.781. The molecule has 3 aromatic rings. The van der Waals surface area contributed by atoms with Crippen molar-refractivity contribution in [2.75, 3.05) is 0 Å². The molecule has 0 bridgehead atoms. The molecule has 0 aliphatic heterocycles. The minimum absolute atomic E-state index is 0.0669. The van der Waals surface area contributed by atoms with Gasteiger partial charge in [0.15, 0.2) is 0 Å². The van der Waals surface area contributed by atoms with E-state index in [-0.39, 0.29) is 17.1 Å². The molecule has 23 heavy (non-hydrogen) atoms. The van der Waals surface area contributed by atoms with Crippen LogP contribution in [0.4, 0.5) is 0 Å². The molecule has 1 saturated carbocycles. The molecule has 1 aliphatic carbocycles. The van der Waals surface area contributed by atoms with E-state index in [4.69, 9.17) is 4.52 Å². The van der Waals surface area contributed by atoms with Crippen LogP contribution in [0.5, 0.6) is 5.75 Å². The fraction of sp³-hybridized carbons (Fsp3) is 0.263. The minimum Gasteiger partial charge on any atom is -0.508 e. The van der Waals surface area contributed by atoms with Crippen molar-refractivity contribution in [2.24, 2.45) is 5.41 Å². The second kappa shape index (κ2) is 4.95. The summed E-state index contributed by atoms with van der Waals surface area (Å²) in [6.07, 6.45) is 0. The maximum atomic E-state index is 9.46. The highest BCUT2D eigenvalue weighted by molar-refractivity contribution is 5.54. The molecular formula is C19H18N2O2. The van der Waals surface area contributed by atoms with Crippen molar-refractivity contribution in [1.82, 2.24) is 10.1 Å². The summed E-state index contributed by atoms with van der Waals surface area (Å²) < 4.78 is 5.54. The number of aromatic nitrogens is 2. The summed E-state index contributed by atoms with van der Waals surface area (Å²) in [5, 5.41) is 13.6. The van der Waals surface area contributed by atoms with Gasteiger partial charge < -0.3 is 9.63 Å². The lowest BCUT2D eigenvalue weighted by Crippen LogP contribution is -1.90. The molecule has 4 nitrogen and oxygen atoms in total. The van der Waals surface area contributed by atoms with Gasteiger partial charge in [-0.15, -0.1) is 0 Å². The number of rotatable bonds is 3. The molecular weight excluding hydrogens is 288 g/mol. The molecule has 116 valence electrons. The number of phenolic OH excluding ortho intramolecular Hbond substituents is 1. The third kappa shape index (κ3) is 2.31. The summed E-state index contributed by atoms with van der Waals surface area (Å²) in [7, 11) is 0.